The molecule has 0 spiro atoms. The van der Waals surface area contributed by atoms with Gasteiger partial charge in [-0.1, -0.05) is 5.16 Å². The Morgan fingerprint density at radius 2 is 2.17 bits per heavy atom. The summed E-state index contributed by atoms with van der Waals surface area (Å²) in [6.07, 6.45) is 4.39. The molecule has 3 rings (SSSR count). The van der Waals surface area contributed by atoms with E-state index in [-0.39, 0.29) is 0 Å². The Bertz CT molecular complexity index is 628. The third kappa shape index (κ3) is 3.33. The Balaban J connectivity index is 1.66. The SMILES string of the molecule is Cc1noc(C)c1CNC[C@@H]1CCCN(C)[C@H]1c1ccnn1C. The second-order valence-electron chi connectivity index (χ2n) is 6.64. The van der Waals surface area contributed by atoms with Gasteiger partial charge in [0.25, 0.3) is 0 Å². The molecule has 0 bridgehead atoms. The fourth-order valence-corrected chi connectivity index (χ4v) is 3.75. The van der Waals surface area contributed by atoms with Gasteiger partial charge in [-0.05, 0) is 52.3 Å². The van der Waals surface area contributed by atoms with Crippen molar-refractivity contribution in [2.24, 2.45) is 13.0 Å². The van der Waals surface area contributed by atoms with Crippen molar-refractivity contribution in [2.75, 3.05) is 20.1 Å². The summed E-state index contributed by atoms with van der Waals surface area (Å²) in [5.41, 5.74) is 3.47. The van der Waals surface area contributed by atoms with Gasteiger partial charge >= 0.3 is 0 Å². The van der Waals surface area contributed by atoms with Crippen LogP contribution in [-0.4, -0.2) is 40.0 Å². The molecule has 1 N–H and O–H groups in total. The highest BCUT2D eigenvalue weighted by molar-refractivity contribution is 5.20. The number of nitrogens with one attached hydrogen (secondary N) is 1. The normalized spacial score (nSPS) is 22.6. The molecule has 3 heterocycles. The van der Waals surface area contributed by atoms with Gasteiger partial charge in [0.1, 0.15) is 5.76 Å². The molecule has 0 aliphatic carbocycles. The second-order valence-corrected chi connectivity index (χ2v) is 6.64. The molecule has 1 fully saturated rings. The van der Waals surface area contributed by atoms with Gasteiger partial charge in [0.05, 0.1) is 17.4 Å². The number of aromatic nitrogens is 3. The highest BCUT2D eigenvalue weighted by atomic mass is 16.5. The van der Waals surface area contributed by atoms with Crippen molar-refractivity contribution in [2.45, 2.75) is 39.3 Å². The highest BCUT2D eigenvalue weighted by Gasteiger charge is 2.32. The van der Waals surface area contributed by atoms with Crippen LogP contribution >= 0.6 is 0 Å². The van der Waals surface area contributed by atoms with E-state index in [2.05, 4.69) is 33.6 Å². The van der Waals surface area contributed by atoms with E-state index in [1.165, 1.54) is 24.1 Å². The molecule has 2 atom stereocenters. The molecule has 23 heavy (non-hydrogen) atoms. The van der Waals surface area contributed by atoms with Crippen molar-refractivity contribution < 1.29 is 4.52 Å². The van der Waals surface area contributed by atoms with Gasteiger partial charge in [-0.25, -0.2) is 0 Å². The molecule has 0 saturated carbocycles. The van der Waals surface area contributed by atoms with Gasteiger partial charge in [-0.15, -0.1) is 0 Å². The van der Waals surface area contributed by atoms with E-state index in [1.54, 1.807) is 0 Å². The lowest BCUT2D eigenvalue weighted by Gasteiger charge is -2.39. The predicted molar refractivity (Wildman–Crippen MR) is 89.0 cm³/mol. The second kappa shape index (κ2) is 6.84. The topological polar surface area (TPSA) is 59.1 Å². The van der Waals surface area contributed by atoms with Crippen LogP contribution in [0.2, 0.25) is 0 Å². The average Bonchev–Trinajstić information content (AvgIpc) is 3.07. The molecule has 1 saturated heterocycles. The summed E-state index contributed by atoms with van der Waals surface area (Å²) in [4.78, 5) is 2.46. The van der Waals surface area contributed by atoms with E-state index < -0.39 is 0 Å². The molecule has 2 aromatic heterocycles. The lowest BCUT2D eigenvalue weighted by Crippen LogP contribution is -2.41. The molecule has 0 amide bonds. The summed E-state index contributed by atoms with van der Waals surface area (Å²) < 4.78 is 7.25. The average molecular weight is 317 g/mol. The summed E-state index contributed by atoms with van der Waals surface area (Å²) in [5, 5.41) is 12.0. The van der Waals surface area contributed by atoms with E-state index in [0.29, 0.717) is 12.0 Å². The van der Waals surface area contributed by atoms with Crippen molar-refractivity contribution in [1.29, 1.82) is 0 Å². The first kappa shape index (κ1) is 16.2. The summed E-state index contributed by atoms with van der Waals surface area (Å²) in [6.45, 7) is 6.93. The van der Waals surface area contributed by atoms with Gasteiger partial charge in [-0.3, -0.25) is 9.58 Å². The number of rotatable bonds is 5. The van der Waals surface area contributed by atoms with Crippen LogP contribution in [0.15, 0.2) is 16.8 Å². The van der Waals surface area contributed by atoms with Crippen LogP contribution in [0.1, 0.15) is 41.6 Å². The third-order valence-corrected chi connectivity index (χ3v) is 5.06. The Morgan fingerprint density at radius 3 is 2.83 bits per heavy atom. The molecule has 6 nitrogen and oxygen atoms in total. The van der Waals surface area contributed by atoms with Crippen LogP contribution in [-0.2, 0) is 13.6 Å². The fraction of sp³-hybridized carbons (Fsp3) is 0.647. The Hall–Kier alpha value is -1.66. The number of hydrogen-bond acceptors (Lipinski definition) is 5. The Morgan fingerprint density at radius 1 is 1.35 bits per heavy atom. The standard InChI is InChI=1S/C17H27N5O/c1-12-15(13(2)23-20-12)11-18-10-14-6-5-9-21(3)17(14)16-7-8-19-22(16)4/h7-8,14,17-18H,5-6,9-11H2,1-4H3/t14-,17+/m0/s1. The minimum Gasteiger partial charge on any atom is -0.361 e. The van der Waals surface area contributed by atoms with Gasteiger partial charge in [-0.2, -0.15) is 5.10 Å². The van der Waals surface area contributed by atoms with Crippen LogP contribution < -0.4 is 5.32 Å². The zero-order valence-corrected chi connectivity index (χ0v) is 14.5. The van der Waals surface area contributed by atoms with Crippen molar-refractivity contribution in [3.05, 3.63) is 35.0 Å². The van der Waals surface area contributed by atoms with E-state index >= 15 is 0 Å². The molecule has 1 aliphatic heterocycles. The molecule has 0 aromatic carbocycles. The van der Waals surface area contributed by atoms with Gasteiger partial charge < -0.3 is 9.84 Å². The van der Waals surface area contributed by atoms with Gasteiger partial charge in [0.2, 0.25) is 0 Å². The Labute approximate surface area is 137 Å². The minimum absolute atomic E-state index is 0.424. The summed E-state index contributed by atoms with van der Waals surface area (Å²) in [7, 11) is 4.25. The van der Waals surface area contributed by atoms with Crippen LogP contribution in [0.25, 0.3) is 0 Å². The van der Waals surface area contributed by atoms with Crippen LogP contribution in [0.3, 0.4) is 0 Å². The molecule has 0 radical (unpaired) electrons. The minimum atomic E-state index is 0.424. The maximum atomic E-state index is 5.24. The van der Waals surface area contributed by atoms with Crippen molar-refractivity contribution in [1.82, 2.24) is 25.2 Å². The smallest absolute Gasteiger partial charge is 0.138 e. The lowest BCUT2D eigenvalue weighted by molar-refractivity contribution is 0.113. The van der Waals surface area contributed by atoms with Crippen molar-refractivity contribution in [3.8, 4) is 0 Å². The molecule has 0 unspecified atom stereocenters. The zero-order valence-electron chi connectivity index (χ0n) is 14.5. The summed E-state index contributed by atoms with van der Waals surface area (Å²) >= 11 is 0. The highest BCUT2D eigenvalue weighted by Crippen LogP contribution is 2.34. The van der Waals surface area contributed by atoms with Crippen molar-refractivity contribution in [3.63, 3.8) is 0 Å². The Kier molecular flexibility index (Phi) is 4.82. The summed E-state index contributed by atoms with van der Waals surface area (Å²) in [6, 6.07) is 2.57. The van der Waals surface area contributed by atoms with Crippen LogP contribution in [0.4, 0.5) is 0 Å². The number of aryl methyl sites for hydroxylation is 3. The molecule has 1 aliphatic rings. The fourth-order valence-electron chi connectivity index (χ4n) is 3.75. The van der Waals surface area contributed by atoms with E-state index in [4.69, 9.17) is 4.52 Å². The quantitative estimate of drug-likeness (QED) is 0.916. The van der Waals surface area contributed by atoms with Crippen LogP contribution in [0.5, 0.6) is 0 Å². The molecule has 2 aromatic rings. The lowest BCUT2D eigenvalue weighted by atomic mass is 9.87. The zero-order chi connectivity index (χ0) is 16.4. The monoisotopic (exact) mass is 317 g/mol. The molecule has 126 valence electrons. The first-order valence-corrected chi connectivity index (χ1v) is 8.38. The predicted octanol–water partition coefficient (Wildman–Crippen LogP) is 2.20. The van der Waals surface area contributed by atoms with Gasteiger partial charge in [0, 0.05) is 31.9 Å². The first-order valence-electron chi connectivity index (χ1n) is 8.38. The number of nitrogens with zero attached hydrogens (tertiary/aromatic N) is 4. The maximum Gasteiger partial charge on any atom is 0.138 e. The summed E-state index contributed by atoms with van der Waals surface area (Å²) in [5.74, 6) is 1.50. The number of likely N-dealkylation sites (tertiary alicyclic amines) is 1. The van der Waals surface area contributed by atoms with E-state index in [0.717, 1.165) is 31.1 Å². The molecular weight excluding hydrogens is 290 g/mol. The largest absolute Gasteiger partial charge is 0.361 e. The molecular formula is C17H27N5O. The molecule has 6 heteroatoms. The van der Waals surface area contributed by atoms with Gasteiger partial charge in [0.15, 0.2) is 0 Å². The van der Waals surface area contributed by atoms with E-state index in [1.807, 2.05) is 31.8 Å². The third-order valence-electron chi connectivity index (χ3n) is 5.06. The maximum absolute atomic E-state index is 5.24. The first-order chi connectivity index (χ1) is 11.1. The van der Waals surface area contributed by atoms with E-state index in [9.17, 15) is 0 Å². The number of piperidine rings is 1. The van der Waals surface area contributed by atoms with Crippen LogP contribution in [0, 0.1) is 19.8 Å². The number of hydrogen-bond donors (Lipinski definition) is 1. The van der Waals surface area contributed by atoms with Crippen molar-refractivity contribution >= 4 is 0 Å².